The lowest BCUT2D eigenvalue weighted by Crippen LogP contribution is -2.37. The van der Waals surface area contributed by atoms with Gasteiger partial charge in [0.25, 0.3) is 5.91 Å². The summed E-state index contributed by atoms with van der Waals surface area (Å²) in [4.78, 5) is 29.4. The quantitative estimate of drug-likeness (QED) is 0.801. The Labute approximate surface area is 172 Å². The molecule has 2 fully saturated rings. The van der Waals surface area contributed by atoms with Crippen LogP contribution in [0.25, 0.3) is 0 Å². The molecule has 0 aliphatic carbocycles. The Balaban J connectivity index is 1.55. The van der Waals surface area contributed by atoms with Crippen LogP contribution in [0.2, 0.25) is 0 Å². The van der Waals surface area contributed by atoms with Gasteiger partial charge >= 0.3 is 0 Å². The van der Waals surface area contributed by atoms with Crippen molar-refractivity contribution in [2.45, 2.75) is 33.2 Å². The zero-order chi connectivity index (χ0) is 20.7. The van der Waals surface area contributed by atoms with Crippen LogP contribution in [0.1, 0.15) is 48.6 Å². The van der Waals surface area contributed by atoms with E-state index in [2.05, 4.69) is 31.1 Å². The molecule has 3 atom stereocenters. The summed E-state index contributed by atoms with van der Waals surface area (Å²) in [7, 11) is 1.85. The van der Waals surface area contributed by atoms with Crippen LogP contribution in [0, 0.1) is 17.8 Å². The van der Waals surface area contributed by atoms with Gasteiger partial charge in [-0.05, 0) is 24.0 Å². The van der Waals surface area contributed by atoms with E-state index in [1.807, 2.05) is 41.1 Å². The molecule has 2 aliphatic heterocycles. The molecule has 154 valence electrons. The number of likely N-dealkylation sites (tertiary alicyclic amines) is 2. The molecule has 2 saturated heterocycles. The lowest BCUT2D eigenvalue weighted by atomic mass is 9.89. The summed E-state index contributed by atoms with van der Waals surface area (Å²) in [5, 5.41) is 4.53. The molecule has 0 saturated carbocycles. The molecule has 4 rings (SSSR count). The van der Waals surface area contributed by atoms with Gasteiger partial charge in [-0.25, -0.2) is 0 Å². The smallest absolute Gasteiger partial charge is 0.272 e. The molecular weight excluding hydrogens is 364 g/mol. The summed E-state index contributed by atoms with van der Waals surface area (Å²) in [5.41, 5.74) is 2.78. The summed E-state index contributed by atoms with van der Waals surface area (Å²) >= 11 is 0. The molecule has 0 bridgehead atoms. The molecule has 1 aromatic heterocycles. The Hall–Kier alpha value is -2.63. The van der Waals surface area contributed by atoms with Gasteiger partial charge in [0, 0.05) is 45.4 Å². The molecule has 3 heterocycles. The molecule has 2 aromatic rings. The van der Waals surface area contributed by atoms with Crippen LogP contribution in [0.3, 0.4) is 0 Å². The van der Waals surface area contributed by atoms with Gasteiger partial charge in [-0.2, -0.15) is 5.10 Å². The van der Waals surface area contributed by atoms with Crippen molar-refractivity contribution in [3.63, 3.8) is 0 Å². The fourth-order valence-electron chi connectivity index (χ4n) is 5.02. The monoisotopic (exact) mass is 394 g/mol. The zero-order valence-electron chi connectivity index (χ0n) is 17.7. The molecule has 0 unspecified atom stereocenters. The third kappa shape index (κ3) is 3.68. The summed E-state index contributed by atoms with van der Waals surface area (Å²) in [6.45, 7) is 8.04. The second-order valence-electron chi connectivity index (χ2n) is 8.90. The predicted octanol–water partition coefficient (Wildman–Crippen LogP) is 2.91. The summed E-state index contributed by atoms with van der Waals surface area (Å²) in [6.07, 6.45) is 0.871. The van der Waals surface area contributed by atoms with E-state index in [1.165, 1.54) is 0 Å². The highest BCUT2D eigenvalue weighted by molar-refractivity contribution is 5.93. The van der Waals surface area contributed by atoms with E-state index in [9.17, 15) is 9.59 Å². The van der Waals surface area contributed by atoms with Crippen molar-refractivity contribution in [3.8, 4) is 0 Å². The molecule has 0 N–H and O–H groups in total. The van der Waals surface area contributed by atoms with Crippen molar-refractivity contribution in [1.82, 2.24) is 19.6 Å². The third-order valence-corrected chi connectivity index (χ3v) is 6.26. The minimum absolute atomic E-state index is 0.0412. The van der Waals surface area contributed by atoms with Crippen LogP contribution in [-0.2, 0) is 18.3 Å². The van der Waals surface area contributed by atoms with Gasteiger partial charge in [0.05, 0.1) is 11.7 Å². The number of nitrogens with zero attached hydrogens (tertiary/aromatic N) is 4. The number of rotatable bonds is 4. The molecule has 29 heavy (non-hydrogen) atoms. The normalized spacial score (nSPS) is 23.7. The molecule has 0 spiro atoms. The second kappa shape index (κ2) is 7.65. The number of hydrogen-bond acceptors (Lipinski definition) is 3. The summed E-state index contributed by atoms with van der Waals surface area (Å²) in [6, 6.07) is 12.2. The number of aryl methyl sites for hydroxylation is 1. The number of carbonyl (C=O) groups excluding carboxylic acids is 2. The fourth-order valence-corrected chi connectivity index (χ4v) is 5.02. The Kier molecular flexibility index (Phi) is 5.19. The van der Waals surface area contributed by atoms with Crippen LogP contribution >= 0.6 is 0 Å². The average Bonchev–Trinajstić information content (AvgIpc) is 3.33. The van der Waals surface area contributed by atoms with Gasteiger partial charge in [-0.15, -0.1) is 0 Å². The van der Waals surface area contributed by atoms with Crippen molar-refractivity contribution in [2.75, 3.05) is 19.6 Å². The molecule has 6 heteroatoms. The first-order valence-corrected chi connectivity index (χ1v) is 10.5. The van der Waals surface area contributed by atoms with Gasteiger partial charge in [0.2, 0.25) is 5.91 Å². The Morgan fingerprint density at radius 3 is 2.52 bits per heavy atom. The van der Waals surface area contributed by atoms with Crippen LogP contribution < -0.4 is 0 Å². The van der Waals surface area contributed by atoms with Gasteiger partial charge in [0.15, 0.2) is 0 Å². The fraction of sp³-hybridized carbons (Fsp3) is 0.522. The third-order valence-electron chi connectivity index (χ3n) is 6.26. The predicted molar refractivity (Wildman–Crippen MR) is 111 cm³/mol. The van der Waals surface area contributed by atoms with Gasteiger partial charge in [-0.1, -0.05) is 44.2 Å². The highest BCUT2D eigenvalue weighted by Gasteiger charge is 2.49. The Morgan fingerprint density at radius 1 is 1.14 bits per heavy atom. The van der Waals surface area contributed by atoms with E-state index in [-0.39, 0.29) is 23.8 Å². The lowest BCUT2D eigenvalue weighted by molar-refractivity contribution is -0.130. The molecular formula is C23H30N4O2. The van der Waals surface area contributed by atoms with Gasteiger partial charge in [-0.3, -0.25) is 14.3 Å². The van der Waals surface area contributed by atoms with E-state index in [4.69, 9.17) is 0 Å². The Morgan fingerprint density at radius 2 is 1.86 bits per heavy atom. The van der Waals surface area contributed by atoms with Crippen LogP contribution in [-0.4, -0.2) is 51.0 Å². The van der Waals surface area contributed by atoms with E-state index in [1.54, 1.807) is 11.6 Å². The van der Waals surface area contributed by atoms with Crippen molar-refractivity contribution < 1.29 is 9.59 Å². The first-order valence-electron chi connectivity index (χ1n) is 10.5. The average molecular weight is 395 g/mol. The minimum atomic E-state index is 0.0412. The van der Waals surface area contributed by atoms with Gasteiger partial charge < -0.3 is 9.80 Å². The summed E-state index contributed by atoms with van der Waals surface area (Å²) in [5.74, 6) is 1.25. The van der Waals surface area contributed by atoms with E-state index in [0.717, 1.165) is 17.7 Å². The van der Waals surface area contributed by atoms with Crippen molar-refractivity contribution >= 4 is 11.8 Å². The van der Waals surface area contributed by atoms with Crippen molar-refractivity contribution in [3.05, 3.63) is 53.3 Å². The van der Waals surface area contributed by atoms with Crippen LogP contribution in [0.15, 0.2) is 36.4 Å². The van der Waals surface area contributed by atoms with Crippen LogP contribution in [0.4, 0.5) is 0 Å². The first-order chi connectivity index (χ1) is 13.8. The number of hydrogen-bond donors (Lipinski definition) is 0. The molecule has 1 aromatic carbocycles. The minimum Gasteiger partial charge on any atom is -0.337 e. The highest BCUT2D eigenvalue weighted by atomic mass is 16.2. The van der Waals surface area contributed by atoms with E-state index < -0.39 is 0 Å². The molecule has 0 radical (unpaired) electrons. The molecule has 2 amide bonds. The maximum atomic E-state index is 13.2. The van der Waals surface area contributed by atoms with Gasteiger partial charge in [0.1, 0.15) is 5.69 Å². The molecule has 2 aliphatic rings. The number of amides is 2. The standard InChI is InChI=1S/C23H30N4O2/c1-15(2)10-19-11-21(25(4)24-19)23(29)26-12-18-13-27(16(3)28)22(20(18)14-26)17-8-6-5-7-9-17/h5-9,11,15,18,20,22H,10,12-14H2,1-4H3/t18-,20-,22-/m1/s1. The van der Waals surface area contributed by atoms with E-state index >= 15 is 0 Å². The van der Waals surface area contributed by atoms with Crippen molar-refractivity contribution in [2.24, 2.45) is 24.8 Å². The van der Waals surface area contributed by atoms with Crippen LogP contribution in [0.5, 0.6) is 0 Å². The number of benzene rings is 1. The largest absolute Gasteiger partial charge is 0.337 e. The maximum Gasteiger partial charge on any atom is 0.272 e. The SMILES string of the molecule is CC(=O)N1C[C@H]2CN(C(=O)c3cc(CC(C)C)nn3C)C[C@H]2[C@H]1c1ccccc1. The highest BCUT2D eigenvalue weighted by Crippen LogP contribution is 2.45. The number of carbonyl (C=O) groups is 2. The first kappa shape index (κ1) is 19.7. The lowest BCUT2D eigenvalue weighted by Gasteiger charge is -2.29. The second-order valence-corrected chi connectivity index (χ2v) is 8.90. The molecule has 6 nitrogen and oxygen atoms in total. The summed E-state index contributed by atoms with van der Waals surface area (Å²) < 4.78 is 1.71. The van der Waals surface area contributed by atoms with Crippen molar-refractivity contribution in [1.29, 1.82) is 0 Å². The zero-order valence-corrected chi connectivity index (χ0v) is 17.7. The number of fused-ring (bicyclic) bond motifs is 1. The Bertz CT molecular complexity index is 905. The maximum absolute atomic E-state index is 13.2. The van der Waals surface area contributed by atoms with E-state index in [0.29, 0.717) is 37.2 Å². The topological polar surface area (TPSA) is 58.4 Å². The number of aromatic nitrogens is 2.